The van der Waals surface area contributed by atoms with E-state index in [1.54, 1.807) is 0 Å². The summed E-state index contributed by atoms with van der Waals surface area (Å²) in [5.41, 5.74) is 0. The number of ether oxygens (including phenoxy) is 1. The number of hydrogen-bond acceptors (Lipinski definition) is 5. The Morgan fingerprint density at radius 3 is 3.08 bits per heavy atom. The lowest BCUT2D eigenvalue weighted by Crippen LogP contribution is -2.52. The highest BCUT2D eigenvalue weighted by Gasteiger charge is 2.37. The first-order chi connectivity index (χ1) is 6.19. The molecule has 1 saturated heterocycles. The maximum Gasteiger partial charge on any atom is 0.325 e. The number of methoxy groups -OCH3 is 1. The van der Waals surface area contributed by atoms with Crippen LogP contribution in [-0.2, 0) is 14.3 Å². The Morgan fingerprint density at radius 1 is 1.92 bits per heavy atom. The highest BCUT2D eigenvalue weighted by atomic mass is 32.2. The summed E-state index contributed by atoms with van der Waals surface area (Å²) in [7, 11) is 1.26. The summed E-state index contributed by atoms with van der Waals surface area (Å²) in [6.07, 6.45) is 0.329. The molecule has 0 aromatic heterocycles. The van der Waals surface area contributed by atoms with Crippen LogP contribution in [0.4, 0.5) is 0 Å². The summed E-state index contributed by atoms with van der Waals surface area (Å²) in [6, 6.07) is 0. The zero-order valence-electron chi connectivity index (χ0n) is 7.02. The number of carbonyl (C=O) groups excluding carboxylic acids is 2. The minimum Gasteiger partial charge on any atom is -0.468 e. The minimum absolute atomic E-state index is 0.0608. The Kier molecular flexibility index (Phi) is 3.14. The van der Waals surface area contributed by atoms with E-state index in [2.05, 4.69) is 4.74 Å². The second-order valence-electron chi connectivity index (χ2n) is 2.47. The number of thiocyanates is 1. The number of carbonyl (C=O) groups is 2. The monoisotopic (exact) mass is 200 g/mol. The van der Waals surface area contributed by atoms with Crippen LogP contribution < -0.4 is 0 Å². The first kappa shape index (κ1) is 9.86. The molecule has 1 amide bonds. The summed E-state index contributed by atoms with van der Waals surface area (Å²) in [5.74, 6) is -0.574. The molecule has 0 aromatic rings. The third-order valence-corrected chi connectivity index (χ3v) is 2.53. The maximum atomic E-state index is 11.0. The maximum absolute atomic E-state index is 11.0. The number of rotatable bonds is 3. The van der Waals surface area contributed by atoms with Crippen LogP contribution >= 0.6 is 11.8 Å². The number of thioether (sulfide) groups is 1. The number of amides is 1. The third kappa shape index (κ3) is 2.12. The number of nitrogens with zero attached hydrogens (tertiary/aromatic N) is 2. The van der Waals surface area contributed by atoms with E-state index in [1.165, 1.54) is 12.0 Å². The van der Waals surface area contributed by atoms with Crippen molar-refractivity contribution in [3.8, 4) is 5.40 Å². The van der Waals surface area contributed by atoms with Gasteiger partial charge in [0.2, 0.25) is 5.91 Å². The molecule has 1 heterocycles. The van der Waals surface area contributed by atoms with E-state index in [4.69, 9.17) is 5.26 Å². The Hall–Kier alpha value is -1.22. The van der Waals surface area contributed by atoms with Gasteiger partial charge in [-0.3, -0.25) is 9.59 Å². The molecule has 6 heteroatoms. The summed E-state index contributed by atoms with van der Waals surface area (Å²) >= 11 is 0.985. The predicted molar refractivity (Wildman–Crippen MR) is 45.3 cm³/mol. The van der Waals surface area contributed by atoms with Gasteiger partial charge >= 0.3 is 5.97 Å². The van der Waals surface area contributed by atoms with Gasteiger partial charge in [-0.2, -0.15) is 5.26 Å². The van der Waals surface area contributed by atoms with Gasteiger partial charge < -0.3 is 9.64 Å². The molecular formula is C7H8N2O3S. The Balaban J connectivity index is 2.43. The molecule has 1 aliphatic heterocycles. The summed E-state index contributed by atoms with van der Waals surface area (Å²) in [4.78, 5) is 23.1. The average molecular weight is 200 g/mol. The molecule has 0 radical (unpaired) electrons. The highest BCUT2D eigenvalue weighted by molar-refractivity contribution is 8.04. The van der Waals surface area contributed by atoms with E-state index in [0.717, 1.165) is 11.8 Å². The molecule has 1 rings (SSSR count). The molecule has 1 fully saturated rings. The van der Waals surface area contributed by atoms with Crippen molar-refractivity contribution >= 4 is 23.6 Å². The Morgan fingerprint density at radius 2 is 2.62 bits per heavy atom. The first-order valence-corrected chi connectivity index (χ1v) is 4.48. The highest BCUT2D eigenvalue weighted by Crippen LogP contribution is 2.28. The van der Waals surface area contributed by atoms with Crippen LogP contribution in [0.1, 0.15) is 6.42 Å². The van der Waals surface area contributed by atoms with Gasteiger partial charge in [0.15, 0.2) is 0 Å². The van der Waals surface area contributed by atoms with Crippen LogP contribution in [0.5, 0.6) is 0 Å². The molecule has 13 heavy (non-hydrogen) atoms. The number of hydrogen-bond donors (Lipinski definition) is 0. The lowest BCUT2D eigenvalue weighted by Gasteiger charge is -2.37. The fourth-order valence-electron chi connectivity index (χ4n) is 0.985. The van der Waals surface area contributed by atoms with Crippen LogP contribution in [0.15, 0.2) is 0 Å². The van der Waals surface area contributed by atoms with Crippen LogP contribution in [-0.4, -0.2) is 35.8 Å². The van der Waals surface area contributed by atoms with E-state index in [-0.39, 0.29) is 17.8 Å². The molecule has 1 aliphatic rings. The normalized spacial score (nSPS) is 20.5. The van der Waals surface area contributed by atoms with E-state index in [9.17, 15) is 9.59 Å². The van der Waals surface area contributed by atoms with Crippen molar-refractivity contribution in [2.75, 3.05) is 13.7 Å². The van der Waals surface area contributed by atoms with Gasteiger partial charge in [-0.05, 0) is 11.8 Å². The van der Waals surface area contributed by atoms with E-state index < -0.39 is 5.97 Å². The van der Waals surface area contributed by atoms with Gasteiger partial charge in [0.05, 0.1) is 13.5 Å². The van der Waals surface area contributed by atoms with Crippen molar-refractivity contribution in [3.05, 3.63) is 0 Å². The van der Waals surface area contributed by atoms with Gasteiger partial charge in [0, 0.05) is 0 Å². The van der Waals surface area contributed by atoms with Crippen molar-refractivity contribution in [1.29, 1.82) is 5.26 Å². The molecular weight excluding hydrogens is 192 g/mol. The minimum atomic E-state index is -0.461. The standard InChI is InChI=1S/C7H8N2O3S/c1-12-7(11)3-9-5(10)2-6(9)13-4-8/h6H,2-3H2,1H3. The molecule has 0 spiro atoms. The first-order valence-electron chi connectivity index (χ1n) is 3.60. The van der Waals surface area contributed by atoms with Crippen molar-refractivity contribution in [2.45, 2.75) is 11.8 Å². The zero-order valence-corrected chi connectivity index (χ0v) is 7.84. The van der Waals surface area contributed by atoms with Crippen LogP contribution in [0.2, 0.25) is 0 Å². The van der Waals surface area contributed by atoms with Crippen molar-refractivity contribution < 1.29 is 14.3 Å². The Labute approximate surface area is 79.6 Å². The van der Waals surface area contributed by atoms with Gasteiger partial charge in [-0.15, -0.1) is 0 Å². The smallest absolute Gasteiger partial charge is 0.325 e. The largest absolute Gasteiger partial charge is 0.468 e. The fraction of sp³-hybridized carbons (Fsp3) is 0.571. The number of β-lactam (4-membered cyclic amide) rings is 1. The predicted octanol–water partition coefficient (Wildman–Crippen LogP) is -0.0679. The quantitative estimate of drug-likeness (QED) is 0.362. The summed E-state index contributed by atoms with van der Waals surface area (Å²) in [6.45, 7) is -0.0608. The average Bonchev–Trinajstić information content (AvgIpc) is 2.13. The molecule has 0 bridgehead atoms. The van der Waals surface area contributed by atoms with Gasteiger partial charge in [0.1, 0.15) is 17.3 Å². The van der Waals surface area contributed by atoms with Gasteiger partial charge in [-0.25, -0.2) is 0 Å². The molecule has 0 N–H and O–H groups in total. The second-order valence-corrected chi connectivity index (χ2v) is 3.43. The Bertz CT molecular complexity index is 273. The van der Waals surface area contributed by atoms with E-state index in [0.29, 0.717) is 6.42 Å². The fourth-order valence-corrected chi connectivity index (χ4v) is 1.65. The van der Waals surface area contributed by atoms with Crippen LogP contribution in [0, 0.1) is 10.7 Å². The van der Waals surface area contributed by atoms with Crippen molar-refractivity contribution in [2.24, 2.45) is 0 Å². The zero-order chi connectivity index (χ0) is 9.84. The lowest BCUT2D eigenvalue weighted by atomic mass is 10.2. The molecule has 0 aromatic carbocycles. The molecule has 70 valence electrons. The van der Waals surface area contributed by atoms with Gasteiger partial charge in [-0.1, -0.05) is 0 Å². The van der Waals surface area contributed by atoms with Crippen molar-refractivity contribution in [1.82, 2.24) is 4.90 Å². The number of likely N-dealkylation sites (tertiary alicyclic amines) is 1. The molecule has 1 atom stereocenters. The third-order valence-electron chi connectivity index (χ3n) is 1.73. The summed E-state index contributed by atoms with van der Waals surface area (Å²) < 4.78 is 4.41. The molecule has 0 saturated carbocycles. The van der Waals surface area contributed by atoms with Crippen LogP contribution in [0.3, 0.4) is 0 Å². The summed E-state index contributed by atoms with van der Waals surface area (Å²) in [5, 5.41) is 10.1. The molecule has 5 nitrogen and oxygen atoms in total. The number of nitriles is 1. The molecule has 1 unspecified atom stereocenters. The van der Waals surface area contributed by atoms with E-state index in [1.807, 2.05) is 5.40 Å². The SMILES string of the molecule is COC(=O)CN1C(=O)CC1SC#N. The lowest BCUT2D eigenvalue weighted by molar-refractivity contribution is -0.152. The van der Waals surface area contributed by atoms with Crippen LogP contribution in [0.25, 0.3) is 0 Å². The van der Waals surface area contributed by atoms with Gasteiger partial charge in [0.25, 0.3) is 0 Å². The van der Waals surface area contributed by atoms with Crippen molar-refractivity contribution in [3.63, 3.8) is 0 Å². The molecule has 0 aliphatic carbocycles. The van der Waals surface area contributed by atoms with E-state index >= 15 is 0 Å². The topological polar surface area (TPSA) is 70.4 Å². The second kappa shape index (κ2) is 4.14. The number of esters is 1.